The van der Waals surface area contributed by atoms with Gasteiger partial charge in [0.2, 0.25) is 0 Å². The molecule has 2 unspecified atom stereocenters. The van der Waals surface area contributed by atoms with Crippen molar-refractivity contribution in [2.24, 2.45) is 0 Å². The molecule has 0 saturated carbocycles. The highest BCUT2D eigenvalue weighted by molar-refractivity contribution is 7.47. The predicted octanol–water partition coefficient (Wildman–Crippen LogP) is 19.1. The van der Waals surface area contributed by atoms with Crippen LogP contribution in [0.15, 0.2) is 0 Å². The summed E-state index contributed by atoms with van der Waals surface area (Å²) in [5.74, 6) is -2.13. The standard InChI is InChI=1S/C67H130O17P2/c1-5-9-13-17-20-23-26-29-32-34-37-40-44-48-52-65(70)78-58-63(84-67(72)54-50-46-42-39-36-33-30-27-24-21-18-14-10-6-2)60-82-86(75,76)80-56-61(68)55-79-85(73,74)81-59-62(57-77-64(69)51-47-43-16-12-8-4)83-66(71)53-49-45-41-38-35-31-28-25-22-19-15-11-7-3/h61-63,68H,5-60H2,1-4H3,(H,73,74)(H,75,76)/t61-,62+,63+/m0/s1. The summed E-state index contributed by atoms with van der Waals surface area (Å²) in [5.41, 5.74) is 0. The summed E-state index contributed by atoms with van der Waals surface area (Å²) in [6.45, 7) is 4.85. The molecule has 5 atom stereocenters. The maximum atomic E-state index is 13.0. The van der Waals surface area contributed by atoms with Crippen molar-refractivity contribution in [3.8, 4) is 0 Å². The molecule has 19 heteroatoms. The first kappa shape index (κ1) is 84.1. The number of esters is 4. The second-order valence-corrected chi connectivity index (χ2v) is 27.1. The average molecular weight is 1270 g/mol. The van der Waals surface area contributed by atoms with Crippen molar-refractivity contribution in [1.82, 2.24) is 0 Å². The molecule has 0 aromatic heterocycles. The highest BCUT2D eigenvalue weighted by atomic mass is 31.2. The van der Waals surface area contributed by atoms with E-state index in [2.05, 4.69) is 27.7 Å². The summed E-state index contributed by atoms with van der Waals surface area (Å²) in [5, 5.41) is 10.5. The van der Waals surface area contributed by atoms with E-state index in [1.54, 1.807) is 0 Å². The minimum atomic E-state index is -4.95. The number of unbranched alkanes of at least 4 members (excludes halogenated alkanes) is 42. The van der Waals surface area contributed by atoms with Crippen LogP contribution in [-0.4, -0.2) is 96.7 Å². The average Bonchev–Trinajstić information content (AvgIpc) is 3.65. The molecular weight excluding hydrogens is 1140 g/mol. The zero-order chi connectivity index (χ0) is 63.3. The van der Waals surface area contributed by atoms with E-state index < -0.39 is 97.5 Å². The van der Waals surface area contributed by atoms with Crippen molar-refractivity contribution in [2.75, 3.05) is 39.6 Å². The van der Waals surface area contributed by atoms with Gasteiger partial charge >= 0.3 is 39.5 Å². The first-order chi connectivity index (χ1) is 41.7. The van der Waals surface area contributed by atoms with Gasteiger partial charge in [0.1, 0.15) is 19.3 Å². The third-order valence-electron chi connectivity index (χ3n) is 15.6. The second-order valence-electron chi connectivity index (χ2n) is 24.2. The van der Waals surface area contributed by atoms with Crippen molar-refractivity contribution in [3.63, 3.8) is 0 Å². The van der Waals surface area contributed by atoms with Gasteiger partial charge in [0.05, 0.1) is 26.4 Å². The third kappa shape index (κ3) is 60.9. The number of carbonyl (C=O) groups is 4. The van der Waals surface area contributed by atoms with Crippen LogP contribution in [0.2, 0.25) is 0 Å². The van der Waals surface area contributed by atoms with Crippen molar-refractivity contribution in [1.29, 1.82) is 0 Å². The van der Waals surface area contributed by atoms with Gasteiger partial charge < -0.3 is 33.8 Å². The van der Waals surface area contributed by atoms with Crippen LogP contribution >= 0.6 is 15.6 Å². The largest absolute Gasteiger partial charge is 0.472 e. The van der Waals surface area contributed by atoms with E-state index >= 15 is 0 Å². The molecule has 0 aliphatic rings. The van der Waals surface area contributed by atoms with Gasteiger partial charge in [0.15, 0.2) is 12.2 Å². The molecule has 0 aromatic carbocycles. The summed E-state index contributed by atoms with van der Waals surface area (Å²) < 4.78 is 68.0. The lowest BCUT2D eigenvalue weighted by molar-refractivity contribution is -0.161. The number of ether oxygens (including phenoxy) is 4. The molecule has 0 aliphatic carbocycles. The van der Waals surface area contributed by atoms with Gasteiger partial charge in [0, 0.05) is 25.7 Å². The molecule has 0 amide bonds. The number of rotatable bonds is 68. The van der Waals surface area contributed by atoms with Crippen LogP contribution in [0.3, 0.4) is 0 Å². The molecule has 17 nitrogen and oxygen atoms in total. The van der Waals surface area contributed by atoms with Crippen LogP contribution in [0.4, 0.5) is 0 Å². The Hall–Kier alpha value is -1.94. The summed E-state index contributed by atoms with van der Waals surface area (Å²) in [6, 6.07) is 0. The van der Waals surface area contributed by atoms with Gasteiger partial charge in [-0.15, -0.1) is 0 Å². The monoisotopic (exact) mass is 1270 g/mol. The predicted molar refractivity (Wildman–Crippen MR) is 345 cm³/mol. The molecule has 3 N–H and O–H groups in total. The number of aliphatic hydroxyl groups is 1. The molecule has 0 saturated heterocycles. The van der Waals surface area contributed by atoms with Crippen LogP contribution in [0.1, 0.15) is 349 Å². The van der Waals surface area contributed by atoms with Crippen LogP contribution in [0.5, 0.6) is 0 Å². The first-order valence-corrected chi connectivity index (χ1v) is 38.3. The molecule has 0 aliphatic heterocycles. The van der Waals surface area contributed by atoms with Crippen molar-refractivity contribution < 1.29 is 80.2 Å². The summed E-state index contributed by atoms with van der Waals surface area (Å²) >= 11 is 0. The van der Waals surface area contributed by atoms with Crippen molar-refractivity contribution >= 4 is 39.5 Å². The van der Waals surface area contributed by atoms with Crippen LogP contribution in [0, 0.1) is 0 Å². The van der Waals surface area contributed by atoms with E-state index in [0.717, 1.165) is 96.3 Å². The number of aliphatic hydroxyl groups excluding tert-OH is 1. The lowest BCUT2D eigenvalue weighted by Crippen LogP contribution is -2.30. The molecular formula is C67H130O17P2. The Bertz CT molecular complexity index is 1650. The SMILES string of the molecule is CCCCCCCCCCCCCCCCC(=O)OC[C@H](COP(=O)(O)OC[C@@H](O)COP(=O)(O)OC[C@@H](COC(=O)CCCCCCC)OC(=O)CCCCCCCCCCCCCCC)OC(=O)CCCCCCCCCCCCCCCC. The Balaban J connectivity index is 5.16. The fourth-order valence-corrected chi connectivity index (χ4v) is 11.7. The number of phosphoric ester groups is 2. The smallest absolute Gasteiger partial charge is 0.462 e. The topological polar surface area (TPSA) is 237 Å². The maximum Gasteiger partial charge on any atom is 0.472 e. The van der Waals surface area contributed by atoms with Gasteiger partial charge in [-0.1, -0.05) is 297 Å². The molecule has 510 valence electrons. The van der Waals surface area contributed by atoms with Gasteiger partial charge in [-0.3, -0.25) is 37.3 Å². The van der Waals surface area contributed by atoms with Gasteiger partial charge in [-0.25, -0.2) is 9.13 Å². The van der Waals surface area contributed by atoms with E-state index in [1.807, 2.05) is 0 Å². The van der Waals surface area contributed by atoms with E-state index in [4.69, 9.17) is 37.0 Å². The summed E-state index contributed by atoms with van der Waals surface area (Å²) in [4.78, 5) is 72.2. The second kappa shape index (κ2) is 61.9. The zero-order valence-corrected chi connectivity index (χ0v) is 57.1. The minimum absolute atomic E-state index is 0.107. The Morgan fingerprint density at radius 3 is 0.686 bits per heavy atom. The first-order valence-electron chi connectivity index (χ1n) is 35.3. The third-order valence-corrected chi connectivity index (χ3v) is 17.5. The fourth-order valence-electron chi connectivity index (χ4n) is 10.2. The Labute approximate surface area is 524 Å². The van der Waals surface area contributed by atoms with Gasteiger partial charge in [-0.2, -0.15) is 0 Å². The fraction of sp³-hybridized carbons (Fsp3) is 0.940. The van der Waals surface area contributed by atoms with E-state index in [0.29, 0.717) is 25.7 Å². The quantitative estimate of drug-likeness (QED) is 0.0222. The van der Waals surface area contributed by atoms with E-state index in [9.17, 15) is 43.2 Å². The molecule has 0 bridgehead atoms. The van der Waals surface area contributed by atoms with Gasteiger partial charge in [0.25, 0.3) is 0 Å². The molecule has 0 rings (SSSR count). The maximum absolute atomic E-state index is 13.0. The van der Waals surface area contributed by atoms with Crippen LogP contribution in [-0.2, 0) is 65.4 Å². The molecule has 86 heavy (non-hydrogen) atoms. The molecule has 0 fully saturated rings. The lowest BCUT2D eigenvalue weighted by Gasteiger charge is -2.21. The van der Waals surface area contributed by atoms with Crippen LogP contribution < -0.4 is 0 Å². The minimum Gasteiger partial charge on any atom is -0.462 e. The normalized spacial score (nSPS) is 14.1. The summed E-state index contributed by atoms with van der Waals surface area (Å²) in [6.07, 6.45) is 48.8. The van der Waals surface area contributed by atoms with Gasteiger partial charge in [-0.05, 0) is 25.7 Å². The number of hydrogen-bond acceptors (Lipinski definition) is 15. The zero-order valence-electron chi connectivity index (χ0n) is 55.3. The van der Waals surface area contributed by atoms with Crippen molar-refractivity contribution in [2.45, 2.75) is 367 Å². The van der Waals surface area contributed by atoms with E-state index in [-0.39, 0.29) is 25.7 Å². The number of carbonyl (C=O) groups excluding carboxylic acids is 4. The molecule has 0 heterocycles. The molecule has 0 spiro atoms. The molecule has 0 radical (unpaired) electrons. The number of hydrogen-bond donors (Lipinski definition) is 3. The highest BCUT2D eigenvalue weighted by Crippen LogP contribution is 2.45. The highest BCUT2D eigenvalue weighted by Gasteiger charge is 2.30. The Morgan fingerprint density at radius 2 is 0.465 bits per heavy atom. The Morgan fingerprint density at radius 1 is 0.279 bits per heavy atom. The van der Waals surface area contributed by atoms with Crippen LogP contribution in [0.25, 0.3) is 0 Å². The van der Waals surface area contributed by atoms with Crippen molar-refractivity contribution in [3.05, 3.63) is 0 Å². The molecule has 0 aromatic rings. The summed E-state index contributed by atoms with van der Waals surface area (Å²) in [7, 11) is -9.88. The number of phosphoric acid groups is 2. The van der Waals surface area contributed by atoms with E-state index in [1.165, 1.54) is 173 Å². The lowest BCUT2D eigenvalue weighted by atomic mass is 10.0. The Kier molecular flexibility index (Phi) is 60.5.